The average Bonchev–Trinajstić information content (AvgIpc) is 2.82. The van der Waals surface area contributed by atoms with Crippen LogP contribution in [0.25, 0.3) is 0 Å². The van der Waals surface area contributed by atoms with Crippen molar-refractivity contribution < 1.29 is 32.0 Å². The molecule has 33 heavy (non-hydrogen) atoms. The molecule has 1 atom stereocenters. The predicted octanol–water partition coefficient (Wildman–Crippen LogP) is 1.83. The Hall–Kier alpha value is -4.14. The van der Waals surface area contributed by atoms with E-state index in [1.165, 1.54) is 18.2 Å². The highest BCUT2D eigenvalue weighted by Crippen LogP contribution is 2.44. The zero-order valence-corrected chi connectivity index (χ0v) is 18.4. The summed E-state index contributed by atoms with van der Waals surface area (Å²) in [6, 6.07) is 15.4. The van der Waals surface area contributed by atoms with Crippen LogP contribution in [0.5, 0.6) is 0 Å². The summed E-state index contributed by atoms with van der Waals surface area (Å²) in [6.45, 7) is 0. The molecule has 0 saturated heterocycles. The van der Waals surface area contributed by atoms with E-state index in [-0.39, 0.29) is 22.7 Å². The molecule has 3 N–H and O–H groups in total. The van der Waals surface area contributed by atoms with Crippen LogP contribution in [0.1, 0.15) is 11.5 Å². The first kappa shape index (κ1) is 23.5. The van der Waals surface area contributed by atoms with Crippen LogP contribution in [-0.2, 0) is 29.2 Å². The normalized spacial score (nSPS) is 16.3. The number of nitrogens with zero attached hydrogens (tertiary/aromatic N) is 2. The fourth-order valence-corrected chi connectivity index (χ4v) is 4.30. The molecule has 0 amide bonds. The van der Waals surface area contributed by atoms with Crippen molar-refractivity contribution in [1.29, 1.82) is 5.26 Å². The van der Waals surface area contributed by atoms with E-state index in [0.717, 1.165) is 25.2 Å². The summed E-state index contributed by atoms with van der Waals surface area (Å²) in [4.78, 5) is 26.2. The van der Waals surface area contributed by atoms with Gasteiger partial charge in [0.25, 0.3) is 10.1 Å². The number of hydrogen-bond acceptors (Lipinski definition) is 9. The highest BCUT2D eigenvalue weighted by atomic mass is 32.2. The number of esters is 2. The Morgan fingerprint density at radius 2 is 1.61 bits per heavy atom. The van der Waals surface area contributed by atoms with Crippen LogP contribution in [0, 0.1) is 11.3 Å². The number of anilines is 1. The second kappa shape index (κ2) is 9.15. The molecule has 1 aliphatic heterocycles. The monoisotopic (exact) mass is 469 g/mol. The lowest BCUT2D eigenvalue weighted by atomic mass is 9.81. The van der Waals surface area contributed by atoms with Crippen LogP contribution in [-0.4, -0.2) is 39.1 Å². The van der Waals surface area contributed by atoms with E-state index in [1.807, 2.05) is 6.07 Å². The van der Waals surface area contributed by atoms with Gasteiger partial charge in [0.2, 0.25) is 0 Å². The lowest BCUT2D eigenvalue weighted by Crippen LogP contribution is -2.41. The quantitative estimate of drug-likeness (QED) is 0.488. The summed E-state index contributed by atoms with van der Waals surface area (Å²) in [5.74, 6) is -3.43. The van der Waals surface area contributed by atoms with E-state index in [9.17, 15) is 27.8 Å². The molecule has 0 bridgehead atoms. The summed E-state index contributed by atoms with van der Waals surface area (Å²) in [5.41, 5.74) is 5.62. The van der Waals surface area contributed by atoms with Crippen molar-refractivity contribution in [3.63, 3.8) is 0 Å². The largest absolute Gasteiger partial charge is 0.466 e. The van der Waals surface area contributed by atoms with Gasteiger partial charge in [-0.1, -0.05) is 42.5 Å². The molecule has 2 aromatic carbocycles. The number of nitriles is 1. The predicted molar refractivity (Wildman–Crippen MR) is 116 cm³/mol. The number of carbonyl (C=O) groups is 2. The molecule has 2 aromatic rings. The molecule has 10 nitrogen and oxygen atoms in total. The second-order valence-corrected chi connectivity index (χ2v) is 8.17. The Balaban J connectivity index is 2.50. The molecule has 3 rings (SSSR count). The number of ether oxygens (including phenoxy) is 2. The van der Waals surface area contributed by atoms with Crippen molar-refractivity contribution in [2.75, 3.05) is 19.1 Å². The summed E-state index contributed by atoms with van der Waals surface area (Å²) in [5, 5.41) is 9.97. The Morgan fingerprint density at radius 1 is 1.03 bits per heavy atom. The van der Waals surface area contributed by atoms with Gasteiger partial charge in [-0.3, -0.25) is 9.45 Å². The Morgan fingerprint density at radius 3 is 2.15 bits per heavy atom. The standard InChI is InChI=1S/C22H19N3O7S/c1-31-21(26)18-17(13-8-4-3-5-9-13)14(12-23)20(24)25(19(18)22(27)32-2)15-10-6-7-11-16(15)33(28,29)30/h3-11,17H,24H2,1-2H3,(H,28,29,30). The van der Waals surface area contributed by atoms with Crippen molar-refractivity contribution in [2.45, 2.75) is 10.8 Å². The van der Waals surface area contributed by atoms with Crippen LogP contribution in [0.15, 0.2) is 82.2 Å². The lowest BCUT2D eigenvalue weighted by molar-refractivity contribution is -0.139. The van der Waals surface area contributed by atoms with Gasteiger partial charge < -0.3 is 15.2 Å². The maximum absolute atomic E-state index is 13.0. The van der Waals surface area contributed by atoms with Crippen molar-refractivity contribution in [3.05, 3.63) is 82.8 Å². The first-order chi connectivity index (χ1) is 15.7. The number of hydrogen-bond donors (Lipinski definition) is 2. The first-order valence-corrected chi connectivity index (χ1v) is 10.8. The zero-order valence-electron chi connectivity index (χ0n) is 17.6. The molecular formula is C22H19N3O7S. The minimum absolute atomic E-state index is 0.139. The van der Waals surface area contributed by atoms with E-state index in [2.05, 4.69) is 0 Å². The highest BCUT2D eigenvalue weighted by molar-refractivity contribution is 7.86. The number of methoxy groups -OCH3 is 2. The number of carbonyl (C=O) groups excluding carboxylic acids is 2. The SMILES string of the molecule is COC(=O)C1=C(C(=O)OC)N(c2ccccc2S(=O)(=O)O)C(N)=C(C#N)C1c1ccccc1. The van der Waals surface area contributed by atoms with Crippen LogP contribution >= 0.6 is 0 Å². The Labute approximate surface area is 189 Å². The van der Waals surface area contributed by atoms with Crippen molar-refractivity contribution >= 4 is 27.7 Å². The maximum Gasteiger partial charge on any atom is 0.355 e. The summed E-state index contributed by atoms with van der Waals surface area (Å²) >= 11 is 0. The molecule has 1 aliphatic rings. The first-order valence-electron chi connectivity index (χ1n) is 9.39. The molecule has 0 fully saturated rings. The topological polar surface area (TPSA) is 160 Å². The molecule has 1 unspecified atom stereocenters. The van der Waals surface area contributed by atoms with Gasteiger partial charge in [0.05, 0.1) is 43.0 Å². The smallest absolute Gasteiger partial charge is 0.355 e. The van der Waals surface area contributed by atoms with Gasteiger partial charge in [-0.25, -0.2) is 9.59 Å². The molecule has 1 heterocycles. The van der Waals surface area contributed by atoms with Gasteiger partial charge >= 0.3 is 11.9 Å². The van der Waals surface area contributed by atoms with Crippen LogP contribution in [0.4, 0.5) is 5.69 Å². The minimum atomic E-state index is -4.79. The molecule has 0 spiro atoms. The molecule has 0 aliphatic carbocycles. The fraction of sp³-hybridized carbons (Fsp3) is 0.136. The van der Waals surface area contributed by atoms with Gasteiger partial charge in [0, 0.05) is 0 Å². The third kappa shape index (κ3) is 4.17. The molecular weight excluding hydrogens is 450 g/mol. The molecule has 11 heteroatoms. The number of benzene rings is 2. The van der Waals surface area contributed by atoms with Crippen LogP contribution < -0.4 is 10.6 Å². The fourth-order valence-electron chi connectivity index (χ4n) is 3.62. The van der Waals surface area contributed by atoms with Gasteiger partial charge in [-0.2, -0.15) is 13.7 Å². The average molecular weight is 469 g/mol. The lowest BCUT2D eigenvalue weighted by Gasteiger charge is -2.36. The molecule has 0 radical (unpaired) electrons. The summed E-state index contributed by atoms with van der Waals surface area (Å²) in [7, 11) is -2.63. The van der Waals surface area contributed by atoms with E-state index in [1.54, 1.807) is 30.3 Å². The van der Waals surface area contributed by atoms with Gasteiger partial charge in [-0.15, -0.1) is 0 Å². The van der Waals surface area contributed by atoms with Crippen LogP contribution in [0.2, 0.25) is 0 Å². The number of nitrogens with two attached hydrogens (primary N) is 1. The van der Waals surface area contributed by atoms with Crippen molar-refractivity contribution in [2.24, 2.45) is 5.73 Å². The molecule has 0 saturated carbocycles. The Bertz CT molecular complexity index is 1330. The zero-order chi connectivity index (χ0) is 24.3. The van der Waals surface area contributed by atoms with Crippen molar-refractivity contribution in [3.8, 4) is 6.07 Å². The number of rotatable bonds is 5. The van der Waals surface area contributed by atoms with Crippen LogP contribution in [0.3, 0.4) is 0 Å². The summed E-state index contributed by atoms with van der Waals surface area (Å²) < 4.78 is 43.6. The third-order valence-corrected chi connectivity index (χ3v) is 5.90. The summed E-state index contributed by atoms with van der Waals surface area (Å²) in [6.07, 6.45) is 0. The number of allylic oxidation sites excluding steroid dienone is 1. The number of para-hydroxylation sites is 1. The minimum Gasteiger partial charge on any atom is -0.466 e. The highest BCUT2D eigenvalue weighted by Gasteiger charge is 2.43. The second-order valence-electron chi connectivity index (χ2n) is 6.78. The van der Waals surface area contributed by atoms with Gasteiger partial charge in [0.15, 0.2) is 0 Å². The van der Waals surface area contributed by atoms with Gasteiger partial charge in [-0.05, 0) is 17.7 Å². The third-order valence-electron chi connectivity index (χ3n) is 4.99. The Kier molecular flexibility index (Phi) is 6.52. The van der Waals surface area contributed by atoms with Gasteiger partial charge in [0.1, 0.15) is 16.4 Å². The maximum atomic E-state index is 13.0. The van der Waals surface area contributed by atoms with E-state index >= 15 is 0 Å². The van der Waals surface area contributed by atoms with E-state index in [4.69, 9.17) is 15.2 Å². The molecule has 0 aromatic heterocycles. The van der Waals surface area contributed by atoms with Crippen molar-refractivity contribution in [1.82, 2.24) is 0 Å². The molecule has 170 valence electrons. The van der Waals surface area contributed by atoms with E-state index < -0.39 is 38.6 Å². The van der Waals surface area contributed by atoms with E-state index in [0.29, 0.717) is 5.56 Å².